The van der Waals surface area contributed by atoms with Gasteiger partial charge >= 0.3 is 12.1 Å². The third-order valence-corrected chi connectivity index (χ3v) is 4.49. The summed E-state index contributed by atoms with van der Waals surface area (Å²) in [5.74, 6) is -0.256. The van der Waals surface area contributed by atoms with Crippen molar-refractivity contribution in [3.8, 4) is 0 Å². The van der Waals surface area contributed by atoms with Crippen LogP contribution in [0.2, 0.25) is 0 Å². The van der Waals surface area contributed by atoms with Crippen LogP contribution in [-0.4, -0.2) is 60.8 Å². The normalized spacial score (nSPS) is 25.3. The molecular weight excluding hydrogens is 309 g/mol. The van der Waals surface area contributed by atoms with Crippen LogP contribution in [0, 0.1) is 0 Å². The SMILES string of the molecule is O=C1OCC[C@@H]1N1CCN([C@@H](c2ccccc2)C(F)(F)F)CC1. The molecule has 2 aliphatic heterocycles. The maximum absolute atomic E-state index is 13.5. The number of rotatable bonds is 3. The Kier molecular flexibility index (Phi) is 4.59. The first-order chi connectivity index (χ1) is 11.0. The first-order valence-corrected chi connectivity index (χ1v) is 7.73. The van der Waals surface area contributed by atoms with Crippen LogP contribution in [-0.2, 0) is 9.53 Å². The second-order valence-electron chi connectivity index (χ2n) is 5.90. The molecule has 0 amide bonds. The van der Waals surface area contributed by atoms with Gasteiger partial charge in [-0.15, -0.1) is 0 Å². The van der Waals surface area contributed by atoms with Gasteiger partial charge in [-0.05, 0) is 5.56 Å². The quantitative estimate of drug-likeness (QED) is 0.797. The second kappa shape index (κ2) is 6.49. The van der Waals surface area contributed by atoms with Crippen molar-refractivity contribution >= 4 is 5.97 Å². The molecule has 3 rings (SSSR count). The fourth-order valence-corrected chi connectivity index (χ4v) is 3.37. The number of benzene rings is 1. The van der Waals surface area contributed by atoms with Crippen LogP contribution >= 0.6 is 0 Å². The van der Waals surface area contributed by atoms with Crippen LogP contribution in [0.15, 0.2) is 30.3 Å². The van der Waals surface area contributed by atoms with E-state index in [0.29, 0.717) is 26.1 Å². The van der Waals surface area contributed by atoms with Gasteiger partial charge in [0.25, 0.3) is 0 Å². The summed E-state index contributed by atoms with van der Waals surface area (Å²) >= 11 is 0. The van der Waals surface area contributed by atoms with Gasteiger partial charge in [0, 0.05) is 32.6 Å². The van der Waals surface area contributed by atoms with Crippen LogP contribution in [0.5, 0.6) is 0 Å². The van der Waals surface area contributed by atoms with Crippen molar-refractivity contribution in [2.24, 2.45) is 0 Å². The molecular formula is C16H19F3N2O2. The van der Waals surface area contributed by atoms with E-state index in [-0.39, 0.29) is 30.7 Å². The number of cyclic esters (lactones) is 1. The van der Waals surface area contributed by atoms with Crippen LogP contribution in [0.4, 0.5) is 13.2 Å². The Hall–Kier alpha value is -1.60. The maximum atomic E-state index is 13.5. The first kappa shape index (κ1) is 16.3. The highest BCUT2D eigenvalue weighted by Gasteiger charge is 2.46. The molecule has 0 unspecified atom stereocenters. The molecule has 23 heavy (non-hydrogen) atoms. The highest BCUT2D eigenvalue weighted by Crippen LogP contribution is 2.38. The Morgan fingerprint density at radius 2 is 1.74 bits per heavy atom. The molecule has 4 nitrogen and oxygen atoms in total. The Morgan fingerprint density at radius 3 is 2.26 bits per heavy atom. The Morgan fingerprint density at radius 1 is 1.09 bits per heavy atom. The van der Waals surface area contributed by atoms with Gasteiger partial charge in [0.2, 0.25) is 0 Å². The van der Waals surface area contributed by atoms with E-state index in [1.54, 1.807) is 18.2 Å². The van der Waals surface area contributed by atoms with Crippen LogP contribution in [0.25, 0.3) is 0 Å². The van der Waals surface area contributed by atoms with Crippen molar-refractivity contribution < 1.29 is 22.7 Å². The van der Waals surface area contributed by atoms with Gasteiger partial charge in [0.1, 0.15) is 12.1 Å². The standard InChI is InChI=1S/C16H19F3N2O2/c17-16(18,19)14(12-4-2-1-3-5-12)21-9-7-20(8-10-21)13-6-11-23-15(13)22/h1-5,13-14H,6-11H2/t13-,14-/m0/s1. The molecule has 2 saturated heterocycles. The molecule has 2 atom stereocenters. The predicted octanol–water partition coefficient (Wildman–Crippen LogP) is 2.22. The number of ether oxygens (including phenoxy) is 1. The number of hydrogen-bond donors (Lipinski definition) is 0. The summed E-state index contributed by atoms with van der Waals surface area (Å²) in [6.45, 7) is 1.85. The number of esters is 1. The minimum atomic E-state index is -4.32. The number of carbonyl (C=O) groups is 1. The topological polar surface area (TPSA) is 32.8 Å². The fourth-order valence-electron chi connectivity index (χ4n) is 3.37. The molecule has 2 heterocycles. The molecule has 2 fully saturated rings. The first-order valence-electron chi connectivity index (χ1n) is 7.73. The summed E-state index contributed by atoms with van der Waals surface area (Å²) in [5.41, 5.74) is 0.258. The molecule has 0 aromatic heterocycles. The zero-order valence-electron chi connectivity index (χ0n) is 12.6. The van der Waals surface area contributed by atoms with E-state index < -0.39 is 12.2 Å². The molecule has 2 aliphatic rings. The van der Waals surface area contributed by atoms with E-state index >= 15 is 0 Å². The molecule has 126 valence electrons. The fraction of sp³-hybridized carbons (Fsp3) is 0.562. The molecule has 0 bridgehead atoms. The smallest absolute Gasteiger partial charge is 0.408 e. The van der Waals surface area contributed by atoms with Crippen molar-refractivity contribution in [2.75, 3.05) is 32.8 Å². The minimum Gasteiger partial charge on any atom is -0.464 e. The number of piperazine rings is 1. The van der Waals surface area contributed by atoms with Crippen LogP contribution in [0.1, 0.15) is 18.0 Å². The van der Waals surface area contributed by atoms with Gasteiger partial charge in [-0.3, -0.25) is 14.6 Å². The predicted molar refractivity (Wildman–Crippen MR) is 77.7 cm³/mol. The molecule has 1 aromatic rings. The lowest BCUT2D eigenvalue weighted by atomic mass is 10.0. The zero-order chi connectivity index (χ0) is 16.4. The average Bonchev–Trinajstić information content (AvgIpc) is 2.94. The van der Waals surface area contributed by atoms with Crippen molar-refractivity contribution in [2.45, 2.75) is 24.7 Å². The van der Waals surface area contributed by atoms with E-state index in [1.807, 2.05) is 4.90 Å². The summed E-state index contributed by atoms with van der Waals surface area (Å²) in [4.78, 5) is 15.0. The van der Waals surface area contributed by atoms with Crippen LogP contribution < -0.4 is 0 Å². The molecule has 1 aromatic carbocycles. The number of halogens is 3. The van der Waals surface area contributed by atoms with Crippen molar-refractivity contribution in [3.05, 3.63) is 35.9 Å². The molecule has 0 radical (unpaired) electrons. The van der Waals surface area contributed by atoms with Crippen LogP contribution in [0.3, 0.4) is 0 Å². The third-order valence-electron chi connectivity index (χ3n) is 4.49. The van der Waals surface area contributed by atoms with E-state index in [4.69, 9.17) is 4.74 Å². The third kappa shape index (κ3) is 3.50. The number of alkyl halides is 3. The monoisotopic (exact) mass is 328 g/mol. The number of nitrogens with zero attached hydrogens (tertiary/aromatic N) is 2. The summed E-state index contributed by atoms with van der Waals surface area (Å²) in [5, 5.41) is 0. The largest absolute Gasteiger partial charge is 0.464 e. The molecule has 0 N–H and O–H groups in total. The molecule has 0 saturated carbocycles. The molecule has 0 spiro atoms. The summed E-state index contributed by atoms with van der Waals surface area (Å²) < 4.78 is 45.5. The highest BCUT2D eigenvalue weighted by molar-refractivity contribution is 5.77. The van der Waals surface area contributed by atoms with Gasteiger partial charge in [0.15, 0.2) is 0 Å². The number of hydrogen-bond acceptors (Lipinski definition) is 4. The highest BCUT2D eigenvalue weighted by atomic mass is 19.4. The van der Waals surface area contributed by atoms with Gasteiger partial charge in [0.05, 0.1) is 6.61 Å². The summed E-state index contributed by atoms with van der Waals surface area (Å²) in [7, 11) is 0. The van der Waals surface area contributed by atoms with Gasteiger partial charge in [-0.2, -0.15) is 13.2 Å². The Labute approximate surface area is 132 Å². The van der Waals surface area contributed by atoms with E-state index in [2.05, 4.69) is 0 Å². The van der Waals surface area contributed by atoms with E-state index in [9.17, 15) is 18.0 Å². The van der Waals surface area contributed by atoms with Crippen molar-refractivity contribution in [1.29, 1.82) is 0 Å². The summed E-state index contributed by atoms with van der Waals surface area (Å²) in [6.07, 6.45) is -3.70. The lowest BCUT2D eigenvalue weighted by molar-refractivity contribution is -0.191. The van der Waals surface area contributed by atoms with Crippen molar-refractivity contribution in [3.63, 3.8) is 0 Å². The number of carbonyl (C=O) groups excluding carboxylic acids is 1. The Balaban J connectivity index is 1.70. The van der Waals surface area contributed by atoms with E-state index in [1.165, 1.54) is 17.0 Å². The average molecular weight is 328 g/mol. The van der Waals surface area contributed by atoms with Gasteiger partial charge in [-0.1, -0.05) is 30.3 Å². The second-order valence-corrected chi connectivity index (χ2v) is 5.90. The van der Waals surface area contributed by atoms with Crippen molar-refractivity contribution in [1.82, 2.24) is 9.80 Å². The Bertz CT molecular complexity index is 542. The minimum absolute atomic E-state index is 0.256. The van der Waals surface area contributed by atoms with Gasteiger partial charge in [-0.25, -0.2) is 0 Å². The van der Waals surface area contributed by atoms with Gasteiger partial charge < -0.3 is 4.74 Å². The lowest BCUT2D eigenvalue weighted by Crippen LogP contribution is -2.54. The van der Waals surface area contributed by atoms with E-state index in [0.717, 1.165) is 0 Å². The summed E-state index contributed by atoms with van der Waals surface area (Å²) in [6, 6.07) is 6.09. The maximum Gasteiger partial charge on any atom is 0.408 e. The molecule has 0 aliphatic carbocycles. The lowest BCUT2D eigenvalue weighted by Gasteiger charge is -2.41. The molecule has 7 heteroatoms. The zero-order valence-corrected chi connectivity index (χ0v) is 12.6.